The fourth-order valence-electron chi connectivity index (χ4n) is 6.08. The smallest absolute Gasteiger partial charge is 0.355 e. The Morgan fingerprint density at radius 2 is 1.22 bits per heavy atom. The third-order valence-corrected chi connectivity index (χ3v) is 7.99. The Bertz CT molecular complexity index is 2030. The first kappa shape index (κ1) is 37.0. The molecule has 0 radical (unpaired) electrons. The summed E-state index contributed by atoms with van der Waals surface area (Å²) < 4.78 is 54.7. The van der Waals surface area contributed by atoms with Gasteiger partial charge >= 0.3 is 5.97 Å². The molecule has 0 aliphatic carbocycles. The summed E-state index contributed by atoms with van der Waals surface area (Å²) in [6.45, 7) is 11.6. The van der Waals surface area contributed by atoms with Crippen molar-refractivity contribution in [2.24, 2.45) is 0 Å². The van der Waals surface area contributed by atoms with Gasteiger partial charge in [-0.15, -0.1) is 0 Å². The molecule has 0 atom stereocenters. The Balaban J connectivity index is 2.03. The fourth-order valence-corrected chi connectivity index (χ4v) is 6.08. The van der Waals surface area contributed by atoms with E-state index in [1.165, 1.54) is 14.2 Å². The van der Waals surface area contributed by atoms with E-state index >= 15 is 0 Å². The molecule has 2 aromatic heterocycles. The minimum atomic E-state index is -0.566. The van der Waals surface area contributed by atoms with Crippen LogP contribution < -0.4 is 33.2 Å². The van der Waals surface area contributed by atoms with Crippen LogP contribution in [0.15, 0.2) is 54.7 Å². The van der Waals surface area contributed by atoms with Gasteiger partial charge < -0.3 is 47.0 Å². The van der Waals surface area contributed by atoms with Gasteiger partial charge in [0.05, 0.1) is 52.3 Å². The van der Waals surface area contributed by atoms with Crippen LogP contribution in [0.25, 0.3) is 38.5 Å². The first-order valence-electron chi connectivity index (χ1n) is 16.8. The van der Waals surface area contributed by atoms with Crippen molar-refractivity contribution in [2.45, 2.75) is 59.9 Å². The molecule has 0 aliphatic rings. The molecule has 0 aliphatic heterocycles. The lowest BCUT2D eigenvalue weighted by Crippen LogP contribution is -2.10. The van der Waals surface area contributed by atoms with Gasteiger partial charge in [-0.2, -0.15) is 0 Å². The van der Waals surface area contributed by atoms with Crippen molar-refractivity contribution in [3.63, 3.8) is 0 Å². The zero-order valence-corrected chi connectivity index (χ0v) is 31.2. The van der Waals surface area contributed by atoms with E-state index in [0.717, 1.165) is 16.3 Å². The maximum atomic E-state index is 14.1. The van der Waals surface area contributed by atoms with Gasteiger partial charge in [0.1, 0.15) is 11.4 Å². The molecule has 5 rings (SSSR count). The normalized spacial score (nSPS) is 11.4. The first-order valence-corrected chi connectivity index (χ1v) is 16.8. The third-order valence-electron chi connectivity index (χ3n) is 7.99. The number of benzene rings is 3. The quantitative estimate of drug-likeness (QED) is 0.0779. The van der Waals surface area contributed by atoms with Crippen LogP contribution in [-0.4, -0.2) is 71.0 Å². The molecular weight excluding hydrogens is 654 g/mol. The molecule has 0 saturated heterocycles. The van der Waals surface area contributed by atoms with Gasteiger partial charge in [0.15, 0.2) is 41.3 Å². The molecule has 0 N–H and O–H groups in total. The number of hydrogen-bond donors (Lipinski definition) is 0. The van der Waals surface area contributed by atoms with E-state index in [1.807, 2.05) is 88.5 Å². The van der Waals surface area contributed by atoms with E-state index in [2.05, 4.69) is 0 Å². The lowest BCUT2D eigenvalue weighted by molar-refractivity contribution is 0.0512. The highest BCUT2D eigenvalue weighted by Gasteiger charge is 2.31. The van der Waals surface area contributed by atoms with Gasteiger partial charge in [0, 0.05) is 41.4 Å². The molecule has 3 aromatic carbocycles. The van der Waals surface area contributed by atoms with Crippen LogP contribution in [0.5, 0.6) is 40.2 Å². The van der Waals surface area contributed by atoms with Crippen LogP contribution in [0.1, 0.15) is 52.0 Å². The highest BCUT2D eigenvalue weighted by atomic mass is 16.7. The average molecular weight is 702 g/mol. The average Bonchev–Trinajstić information content (AvgIpc) is 3.44. The second-order valence-electron chi connectivity index (χ2n) is 12.6. The minimum Gasteiger partial charge on any atom is -0.493 e. The summed E-state index contributed by atoms with van der Waals surface area (Å²) >= 11 is 0. The highest BCUT2D eigenvalue weighted by Crippen LogP contribution is 2.51. The maximum absolute atomic E-state index is 14.1. The van der Waals surface area contributed by atoms with Gasteiger partial charge in [-0.3, -0.25) is 0 Å². The molecule has 51 heavy (non-hydrogen) atoms. The van der Waals surface area contributed by atoms with E-state index in [-0.39, 0.29) is 30.8 Å². The number of esters is 1. The van der Waals surface area contributed by atoms with E-state index in [4.69, 9.17) is 42.6 Å². The van der Waals surface area contributed by atoms with Crippen LogP contribution >= 0.6 is 0 Å². The van der Waals surface area contributed by atoms with Gasteiger partial charge in [0.2, 0.25) is 0 Å². The summed E-state index contributed by atoms with van der Waals surface area (Å²) in [5.41, 5.74) is 3.46. The molecule has 0 saturated carbocycles. The van der Waals surface area contributed by atoms with Crippen molar-refractivity contribution < 1.29 is 47.4 Å². The van der Waals surface area contributed by atoms with Crippen molar-refractivity contribution in [1.29, 1.82) is 0 Å². The second kappa shape index (κ2) is 15.7. The molecule has 0 amide bonds. The summed E-state index contributed by atoms with van der Waals surface area (Å²) in [6, 6.07) is 15.0. The molecule has 0 bridgehead atoms. The summed E-state index contributed by atoms with van der Waals surface area (Å²) in [4.78, 5) is 14.1. The van der Waals surface area contributed by atoms with E-state index in [1.54, 1.807) is 33.5 Å². The molecule has 5 aromatic rings. The van der Waals surface area contributed by atoms with Crippen molar-refractivity contribution in [2.75, 3.05) is 42.3 Å². The second-order valence-corrected chi connectivity index (χ2v) is 12.6. The number of fused-ring (bicyclic) bond motifs is 3. The summed E-state index contributed by atoms with van der Waals surface area (Å²) in [6.07, 6.45) is 1.48. The van der Waals surface area contributed by atoms with Crippen LogP contribution in [0, 0.1) is 0 Å². The number of carbonyl (C=O) groups is 1. The number of rotatable bonds is 15. The molecule has 11 nitrogen and oxygen atoms in total. The van der Waals surface area contributed by atoms with Crippen LogP contribution in [-0.2, 0) is 9.47 Å². The van der Waals surface area contributed by atoms with Crippen molar-refractivity contribution in [1.82, 2.24) is 4.40 Å². The standard InChI is InChI=1S/C40H47NO10/c1-22(2)49-33-17-26(12-13-29(33)44-8)36-37(28-19-32(46-10)35(51-24(5)6)20-30(28)48-21-43-7)39(40(42)47-11)41-15-14-25-16-34(50-23(3)4)31(45-9)18-27(25)38(36)41/h12-20,22-24H,21H2,1-11H3. The van der Waals surface area contributed by atoms with Crippen molar-refractivity contribution in [3.8, 4) is 62.5 Å². The Kier molecular flexibility index (Phi) is 11.4. The van der Waals surface area contributed by atoms with Gasteiger partial charge in [0.25, 0.3) is 0 Å². The van der Waals surface area contributed by atoms with E-state index < -0.39 is 5.97 Å². The molecule has 11 heteroatoms. The molecule has 272 valence electrons. The van der Waals surface area contributed by atoms with Crippen molar-refractivity contribution >= 4 is 22.3 Å². The van der Waals surface area contributed by atoms with Crippen LogP contribution in [0.4, 0.5) is 0 Å². The number of ether oxygens (including phenoxy) is 9. The summed E-state index contributed by atoms with van der Waals surface area (Å²) in [5.74, 6) is 2.99. The predicted octanol–water partition coefficient (Wildman–Crippen LogP) is 8.58. The maximum Gasteiger partial charge on any atom is 0.355 e. The number of hydrogen-bond acceptors (Lipinski definition) is 10. The van der Waals surface area contributed by atoms with Crippen molar-refractivity contribution in [3.05, 3.63) is 60.4 Å². The Morgan fingerprint density at radius 3 is 1.78 bits per heavy atom. The SMILES string of the molecule is COCOc1cc(OC(C)C)c(OC)cc1-c1c(-c2ccc(OC)c(OC(C)C)c2)c2c3cc(OC)c(OC(C)C)cc3ccn2c1C(=O)OC. The topological polar surface area (TPSA) is 105 Å². The van der Waals surface area contributed by atoms with E-state index in [9.17, 15) is 4.79 Å². The Hall–Kier alpha value is -5.29. The summed E-state index contributed by atoms with van der Waals surface area (Å²) in [5, 5.41) is 1.66. The molecule has 0 fully saturated rings. The fraction of sp³-hybridized carbons (Fsp3) is 0.375. The van der Waals surface area contributed by atoms with Crippen LogP contribution in [0.3, 0.4) is 0 Å². The van der Waals surface area contributed by atoms with Gasteiger partial charge in [-0.25, -0.2) is 4.79 Å². The lowest BCUT2D eigenvalue weighted by Gasteiger charge is -2.20. The first-order chi connectivity index (χ1) is 24.4. The molecular formula is C40H47NO10. The number of pyridine rings is 1. The third kappa shape index (κ3) is 7.44. The molecule has 2 heterocycles. The largest absolute Gasteiger partial charge is 0.493 e. The van der Waals surface area contributed by atoms with E-state index in [0.29, 0.717) is 62.5 Å². The zero-order chi connectivity index (χ0) is 37.0. The number of aromatic nitrogens is 1. The molecule has 0 unspecified atom stereocenters. The lowest BCUT2D eigenvalue weighted by atomic mass is 9.93. The highest BCUT2D eigenvalue weighted by molar-refractivity contribution is 6.15. The van der Waals surface area contributed by atoms with Gasteiger partial charge in [-0.1, -0.05) is 6.07 Å². The number of carbonyl (C=O) groups excluding carboxylic acids is 1. The van der Waals surface area contributed by atoms with Crippen LogP contribution in [0.2, 0.25) is 0 Å². The summed E-state index contributed by atoms with van der Waals surface area (Å²) in [7, 11) is 7.66. The molecule has 0 spiro atoms. The Morgan fingerprint density at radius 1 is 0.627 bits per heavy atom. The predicted molar refractivity (Wildman–Crippen MR) is 197 cm³/mol. The zero-order valence-electron chi connectivity index (χ0n) is 31.2. The van der Waals surface area contributed by atoms with Gasteiger partial charge in [-0.05, 0) is 88.9 Å². The monoisotopic (exact) mass is 701 g/mol. The number of nitrogens with zero attached hydrogens (tertiary/aromatic N) is 1. The number of methoxy groups -OCH3 is 5. The Labute approximate surface area is 298 Å². The minimum absolute atomic E-state index is 0.0651.